The highest BCUT2D eigenvalue weighted by atomic mass is 15.0. The molecule has 0 aliphatic heterocycles. The highest BCUT2D eigenvalue weighted by Crippen LogP contribution is 2.44. The maximum absolute atomic E-state index is 2.38. The topological polar surface area (TPSA) is 4.93 Å². The fraction of sp³-hybridized carbons (Fsp3) is 0.0244. The minimum absolute atomic E-state index is 1.16. The van der Waals surface area contributed by atoms with Crippen LogP contribution in [0.15, 0.2) is 158 Å². The van der Waals surface area contributed by atoms with Crippen LogP contribution < -0.4 is 0 Å². The van der Waals surface area contributed by atoms with Gasteiger partial charge in [-0.05, 0) is 80.6 Å². The molecule has 8 rings (SSSR count). The van der Waals surface area contributed by atoms with Gasteiger partial charge < -0.3 is 4.57 Å². The molecule has 0 radical (unpaired) electrons. The van der Waals surface area contributed by atoms with Crippen molar-refractivity contribution in [3.05, 3.63) is 163 Å². The van der Waals surface area contributed by atoms with E-state index in [4.69, 9.17) is 0 Å². The van der Waals surface area contributed by atoms with Gasteiger partial charge in [-0.2, -0.15) is 0 Å². The molecule has 8 aromatic rings. The van der Waals surface area contributed by atoms with Gasteiger partial charge in [0.1, 0.15) is 0 Å². The van der Waals surface area contributed by atoms with Crippen LogP contribution in [0.2, 0.25) is 0 Å². The number of hydrogen-bond acceptors (Lipinski definition) is 0. The Labute approximate surface area is 245 Å². The summed E-state index contributed by atoms with van der Waals surface area (Å²) in [7, 11) is 0. The molecular formula is C41H29N. The quantitative estimate of drug-likeness (QED) is 0.198. The molecule has 0 aliphatic carbocycles. The fourth-order valence-corrected chi connectivity index (χ4v) is 6.55. The Bertz CT molecular complexity index is 2220. The Morgan fingerprint density at radius 1 is 0.405 bits per heavy atom. The van der Waals surface area contributed by atoms with Crippen molar-refractivity contribution in [2.45, 2.75) is 6.92 Å². The van der Waals surface area contributed by atoms with Crippen molar-refractivity contribution in [2.24, 2.45) is 0 Å². The van der Waals surface area contributed by atoms with E-state index in [2.05, 4.69) is 169 Å². The van der Waals surface area contributed by atoms with Gasteiger partial charge >= 0.3 is 0 Å². The number of benzene rings is 7. The number of nitrogens with zero attached hydrogens (tertiary/aromatic N) is 1. The molecule has 0 bridgehead atoms. The lowest BCUT2D eigenvalue weighted by Gasteiger charge is -2.19. The van der Waals surface area contributed by atoms with E-state index in [0.717, 1.165) is 5.69 Å². The molecular weight excluding hydrogens is 506 g/mol. The Kier molecular flexibility index (Phi) is 5.75. The monoisotopic (exact) mass is 535 g/mol. The van der Waals surface area contributed by atoms with Gasteiger partial charge in [0, 0.05) is 11.1 Å². The summed E-state index contributed by atoms with van der Waals surface area (Å²) >= 11 is 0. The lowest BCUT2D eigenvalue weighted by molar-refractivity contribution is 1.13. The summed E-state index contributed by atoms with van der Waals surface area (Å²) < 4.78 is 2.38. The predicted octanol–water partition coefficient (Wildman–Crippen LogP) is 11.2. The third-order valence-corrected chi connectivity index (χ3v) is 8.44. The van der Waals surface area contributed by atoms with Gasteiger partial charge in [-0.15, -0.1) is 0 Å². The summed E-state index contributed by atoms with van der Waals surface area (Å²) in [5.74, 6) is 0. The Hall–Kier alpha value is -5.40. The molecule has 198 valence electrons. The Morgan fingerprint density at radius 2 is 0.952 bits per heavy atom. The first-order chi connectivity index (χ1) is 20.8. The average molecular weight is 536 g/mol. The zero-order valence-electron chi connectivity index (χ0n) is 23.5. The molecule has 0 spiro atoms. The van der Waals surface area contributed by atoms with Gasteiger partial charge in [0.2, 0.25) is 0 Å². The normalized spacial score (nSPS) is 11.5. The van der Waals surface area contributed by atoms with Gasteiger partial charge in [0.05, 0.1) is 11.2 Å². The van der Waals surface area contributed by atoms with Crippen LogP contribution in [0.5, 0.6) is 0 Å². The van der Waals surface area contributed by atoms with Crippen molar-refractivity contribution in [1.29, 1.82) is 0 Å². The molecule has 0 unspecified atom stereocenters. The largest absolute Gasteiger partial charge is 0.309 e. The van der Waals surface area contributed by atoms with E-state index in [1.54, 1.807) is 0 Å². The van der Waals surface area contributed by atoms with Crippen LogP contribution in [0, 0.1) is 6.92 Å². The second-order valence-electron chi connectivity index (χ2n) is 11.0. The first kappa shape index (κ1) is 24.4. The SMILES string of the molecule is Cc1ccc2c(-c3ccccc3)c3ccccc3c(-c3ccc(-n4c(-c5ccccc5)cc5ccccc54)cc3)c2c1. The molecule has 42 heavy (non-hydrogen) atoms. The van der Waals surface area contributed by atoms with Crippen molar-refractivity contribution in [1.82, 2.24) is 4.57 Å². The third-order valence-electron chi connectivity index (χ3n) is 8.44. The molecule has 0 saturated heterocycles. The molecule has 0 saturated carbocycles. The molecule has 1 nitrogen and oxygen atoms in total. The van der Waals surface area contributed by atoms with Gasteiger partial charge in [0.25, 0.3) is 0 Å². The van der Waals surface area contributed by atoms with Crippen LogP contribution in [0.1, 0.15) is 5.56 Å². The van der Waals surface area contributed by atoms with Crippen molar-refractivity contribution in [3.63, 3.8) is 0 Å². The molecule has 1 aromatic heterocycles. The van der Waals surface area contributed by atoms with E-state index >= 15 is 0 Å². The second kappa shape index (κ2) is 9.90. The zero-order valence-corrected chi connectivity index (χ0v) is 23.5. The minimum Gasteiger partial charge on any atom is -0.309 e. The summed E-state index contributed by atoms with van der Waals surface area (Å²) in [5.41, 5.74) is 11.1. The second-order valence-corrected chi connectivity index (χ2v) is 11.0. The van der Waals surface area contributed by atoms with Crippen LogP contribution in [0.4, 0.5) is 0 Å². The zero-order chi connectivity index (χ0) is 28.0. The van der Waals surface area contributed by atoms with Crippen LogP contribution in [0.25, 0.3) is 71.6 Å². The third kappa shape index (κ3) is 3.94. The van der Waals surface area contributed by atoms with Crippen molar-refractivity contribution >= 4 is 32.4 Å². The number of rotatable bonds is 4. The molecule has 1 heterocycles. The van der Waals surface area contributed by atoms with Crippen LogP contribution in [-0.2, 0) is 0 Å². The summed E-state index contributed by atoms with van der Waals surface area (Å²) in [6.07, 6.45) is 0. The molecule has 0 aliphatic rings. The van der Waals surface area contributed by atoms with E-state index in [1.807, 2.05) is 0 Å². The maximum Gasteiger partial charge on any atom is 0.0540 e. The first-order valence-electron chi connectivity index (χ1n) is 14.5. The highest BCUT2D eigenvalue weighted by molar-refractivity contribution is 6.21. The van der Waals surface area contributed by atoms with Crippen LogP contribution in [0.3, 0.4) is 0 Å². The molecule has 7 aromatic carbocycles. The fourth-order valence-electron chi connectivity index (χ4n) is 6.55. The van der Waals surface area contributed by atoms with Crippen LogP contribution in [-0.4, -0.2) is 4.57 Å². The molecule has 0 atom stereocenters. The standard InChI is InChI=1S/C41H29N/c1-28-20-25-36-37(26-28)41(35-18-10-9-17-34(35)40(36)30-14-6-3-7-15-30)31-21-23-33(24-22-31)42-38-19-11-8-16-32(38)27-39(42)29-12-4-2-5-13-29/h2-27H,1H3. The van der Waals surface area contributed by atoms with E-state index in [1.165, 1.54) is 71.5 Å². The summed E-state index contributed by atoms with van der Waals surface area (Å²) in [4.78, 5) is 0. The smallest absolute Gasteiger partial charge is 0.0540 e. The average Bonchev–Trinajstić information content (AvgIpc) is 3.44. The van der Waals surface area contributed by atoms with Crippen molar-refractivity contribution in [3.8, 4) is 39.2 Å². The summed E-state index contributed by atoms with van der Waals surface area (Å²) in [5, 5.41) is 6.37. The van der Waals surface area contributed by atoms with Crippen molar-refractivity contribution < 1.29 is 0 Å². The molecule has 0 amide bonds. The van der Waals surface area contributed by atoms with E-state index in [-0.39, 0.29) is 0 Å². The highest BCUT2D eigenvalue weighted by Gasteiger charge is 2.17. The lowest BCUT2D eigenvalue weighted by Crippen LogP contribution is -1.97. The van der Waals surface area contributed by atoms with E-state index < -0.39 is 0 Å². The molecule has 1 heteroatoms. The van der Waals surface area contributed by atoms with Crippen molar-refractivity contribution in [2.75, 3.05) is 0 Å². The van der Waals surface area contributed by atoms with Crippen LogP contribution >= 0.6 is 0 Å². The van der Waals surface area contributed by atoms with E-state index in [9.17, 15) is 0 Å². The van der Waals surface area contributed by atoms with Gasteiger partial charge in [-0.25, -0.2) is 0 Å². The summed E-state index contributed by atoms with van der Waals surface area (Å²) in [6, 6.07) is 57.3. The number of hydrogen-bond donors (Lipinski definition) is 0. The minimum atomic E-state index is 1.16. The van der Waals surface area contributed by atoms with Gasteiger partial charge in [0.15, 0.2) is 0 Å². The number of para-hydroxylation sites is 1. The number of fused-ring (bicyclic) bond motifs is 3. The Balaban J connectivity index is 1.37. The maximum atomic E-state index is 2.38. The summed E-state index contributed by atoms with van der Waals surface area (Å²) in [6.45, 7) is 2.19. The first-order valence-corrected chi connectivity index (χ1v) is 14.5. The molecule has 0 fully saturated rings. The number of aryl methyl sites for hydroxylation is 1. The van der Waals surface area contributed by atoms with Gasteiger partial charge in [-0.1, -0.05) is 139 Å². The lowest BCUT2D eigenvalue weighted by atomic mass is 9.85. The van der Waals surface area contributed by atoms with E-state index in [0.29, 0.717) is 0 Å². The molecule has 0 N–H and O–H groups in total. The van der Waals surface area contributed by atoms with Gasteiger partial charge in [-0.3, -0.25) is 0 Å². The number of aromatic nitrogens is 1. The Morgan fingerprint density at radius 3 is 1.67 bits per heavy atom. The predicted molar refractivity (Wildman–Crippen MR) is 179 cm³/mol.